The number of nitrogens with zero attached hydrogens (tertiary/aromatic N) is 5. The zero-order valence-electron chi connectivity index (χ0n) is 35.3. The van der Waals surface area contributed by atoms with Crippen molar-refractivity contribution in [1.82, 2.24) is 23.9 Å². The van der Waals surface area contributed by atoms with Gasteiger partial charge in [0.15, 0.2) is 0 Å². The van der Waals surface area contributed by atoms with Gasteiger partial charge in [-0.25, -0.2) is 15.0 Å². The lowest BCUT2D eigenvalue weighted by atomic mass is 9.61. The van der Waals surface area contributed by atoms with Gasteiger partial charge >= 0.3 is 0 Å². The Hall–Kier alpha value is -6.01. The molecular weight excluding hydrogens is 711 g/mol. The molecule has 4 aromatic carbocycles. The number of benzene rings is 4. The van der Waals surface area contributed by atoms with Gasteiger partial charge in [-0.15, -0.1) is 0 Å². The molecule has 1 aliphatic heterocycles. The normalized spacial score (nSPS) is 14.8. The molecule has 0 N–H and O–H groups in total. The number of hydrogen-bond acceptors (Lipinski definition) is 4. The van der Waals surface area contributed by atoms with Gasteiger partial charge in [-0.1, -0.05) is 118 Å². The maximum atomic E-state index is 7.04. The van der Waals surface area contributed by atoms with Gasteiger partial charge in [0.1, 0.15) is 28.6 Å². The molecule has 0 saturated carbocycles. The smallest absolute Gasteiger partial charge is 0.146 e. The molecule has 10 rings (SSSR count). The number of rotatable bonds is 7. The summed E-state index contributed by atoms with van der Waals surface area (Å²) in [4.78, 5) is 15.6. The van der Waals surface area contributed by atoms with Crippen LogP contribution < -0.4 is 4.74 Å². The lowest BCUT2D eigenvalue weighted by molar-refractivity contribution is 0.288. The fourth-order valence-electron chi connectivity index (χ4n) is 9.59. The minimum Gasteiger partial charge on any atom is -0.457 e. The van der Waals surface area contributed by atoms with Gasteiger partial charge in [0.2, 0.25) is 0 Å². The summed E-state index contributed by atoms with van der Waals surface area (Å²) in [6.45, 7) is 23.1. The van der Waals surface area contributed by atoms with Crippen molar-refractivity contribution < 1.29 is 4.74 Å². The van der Waals surface area contributed by atoms with Crippen LogP contribution in [0.25, 0.3) is 66.3 Å². The summed E-state index contributed by atoms with van der Waals surface area (Å²) in [6, 6.07) is 34.9. The van der Waals surface area contributed by atoms with E-state index in [-0.39, 0.29) is 22.7 Å². The Bertz CT molecular complexity index is 3060. The second kappa shape index (κ2) is 12.7. The average molecular weight is 762 g/mol. The van der Waals surface area contributed by atoms with Gasteiger partial charge in [-0.05, 0) is 81.8 Å². The van der Waals surface area contributed by atoms with E-state index in [2.05, 4.69) is 175 Å². The van der Waals surface area contributed by atoms with Gasteiger partial charge < -0.3 is 4.74 Å². The molecule has 0 unspecified atom stereocenters. The Labute approximate surface area is 340 Å². The Morgan fingerprint density at radius 2 is 1.31 bits per heavy atom. The highest BCUT2D eigenvalue weighted by molar-refractivity contribution is 6.13. The van der Waals surface area contributed by atoms with E-state index in [4.69, 9.17) is 19.7 Å². The van der Waals surface area contributed by atoms with Crippen molar-refractivity contribution in [2.45, 2.75) is 97.8 Å². The third-order valence-electron chi connectivity index (χ3n) is 13.5. The van der Waals surface area contributed by atoms with E-state index < -0.39 is 0 Å². The Morgan fingerprint density at radius 3 is 2.05 bits per heavy atom. The Balaban J connectivity index is 1.22. The van der Waals surface area contributed by atoms with E-state index >= 15 is 0 Å². The molecule has 0 bridgehead atoms. The second-order valence-corrected chi connectivity index (χ2v) is 18.4. The third-order valence-corrected chi connectivity index (χ3v) is 13.5. The molecule has 0 atom stereocenters. The van der Waals surface area contributed by atoms with Crippen LogP contribution >= 0.6 is 0 Å². The van der Waals surface area contributed by atoms with Gasteiger partial charge in [-0.2, -0.15) is 0 Å². The molecular formula is C52H51N5O. The van der Waals surface area contributed by atoms with Crippen molar-refractivity contribution in [1.29, 1.82) is 0 Å². The summed E-state index contributed by atoms with van der Waals surface area (Å²) < 4.78 is 11.6. The van der Waals surface area contributed by atoms with Gasteiger partial charge in [-0.3, -0.25) is 8.97 Å². The van der Waals surface area contributed by atoms with E-state index in [1.54, 1.807) is 0 Å². The first kappa shape index (κ1) is 36.3. The highest BCUT2D eigenvalue weighted by Gasteiger charge is 2.46. The Kier molecular flexibility index (Phi) is 7.99. The molecule has 1 aliphatic rings. The van der Waals surface area contributed by atoms with Crippen LogP contribution in [0.2, 0.25) is 0 Å². The zero-order chi connectivity index (χ0) is 40.4. The van der Waals surface area contributed by atoms with Crippen LogP contribution in [0.3, 0.4) is 0 Å². The summed E-state index contributed by atoms with van der Waals surface area (Å²) in [5, 5.41) is 5.70. The van der Waals surface area contributed by atoms with Crippen LogP contribution in [0.1, 0.15) is 115 Å². The highest BCUT2D eigenvalue weighted by Crippen LogP contribution is 2.51. The van der Waals surface area contributed by atoms with Crippen molar-refractivity contribution in [2.75, 3.05) is 0 Å². The van der Waals surface area contributed by atoms with Crippen molar-refractivity contribution in [3.05, 3.63) is 137 Å². The van der Waals surface area contributed by atoms with Crippen LogP contribution in [0, 0.1) is 0 Å². The molecule has 0 saturated heterocycles. The van der Waals surface area contributed by atoms with Crippen LogP contribution in [0.5, 0.6) is 11.5 Å². The van der Waals surface area contributed by atoms with E-state index in [9.17, 15) is 0 Å². The van der Waals surface area contributed by atoms with Gasteiger partial charge in [0.05, 0.1) is 16.7 Å². The summed E-state index contributed by atoms with van der Waals surface area (Å²) in [7, 11) is 0. The monoisotopic (exact) mass is 761 g/mol. The highest BCUT2D eigenvalue weighted by atomic mass is 16.5. The lowest BCUT2D eigenvalue weighted by Crippen LogP contribution is -2.44. The first-order valence-corrected chi connectivity index (χ1v) is 20.9. The molecule has 6 heterocycles. The maximum Gasteiger partial charge on any atom is 0.146 e. The molecule has 0 spiro atoms. The summed E-state index contributed by atoms with van der Waals surface area (Å²) in [5.74, 6) is 3.21. The predicted molar refractivity (Wildman–Crippen MR) is 240 cm³/mol. The van der Waals surface area contributed by atoms with E-state index in [1.165, 1.54) is 49.8 Å². The summed E-state index contributed by atoms with van der Waals surface area (Å²) >= 11 is 0. The molecule has 9 aromatic rings. The van der Waals surface area contributed by atoms with Gasteiger partial charge in [0, 0.05) is 68.2 Å². The largest absolute Gasteiger partial charge is 0.457 e. The van der Waals surface area contributed by atoms with Crippen LogP contribution in [-0.2, 0) is 10.8 Å². The molecule has 0 radical (unpaired) electrons. The minimum atomic E-state index is -0.127. The SMILES string of the molecule is CC(C)c1cc(C(C)C)c(-c2cc(Oc3ccc4c(c3)c3ncc5n3c3c(cccc43)C(C)(C)C5(C)C)cc(-n3c4ccccc4c4cccnc43)n2)c(C(C)C)c1. The van der Waals surface area contributed by atoms with Gasteiger partial charge in [0.25, 0.3) is 0 Å². The second-order valence-electron chi connectivity index (χ2n) is 18.4. The molecule has 5 aromatic heterocycles. The first-order valence-electron chi connectivity index (χ1n) is 20.9. The topological polar surface area (TPSA) is 57.2 Å². The quantitative estimate of drug-likeness (QED) is 0.152. The molecule has 58 heavy (non-hydrogen) atoms. The number of pyridine rings is 3. The molecule has 6 nitrogen and oxygen atoms in total. The number of para-hydroxylation sites is 2. The standard InChI is InChI=1S/C52H51N5O/c1-29(2)32-23-39(30(3)4)47(40(24-32)31(5)6)43-26-34(27-46(55-43)56-44-19-12-11-15-36(44)38-17-14-22-53-49(38)56)58-33-20-21-35-37-16-13-18-42-48(37)57-45(52(9,10)51(42,7)8)28-54-50(57)41(35)25-33/h11-31H,1-10H3. The van der Waals surface area contributed by atoms with E-state index in [0.717, 1.165) is 50.2 Å². The molecule has 0 amide bonds. The van der Waals surface area contributed by atoms with Crippen molar-refractivity contribution in [3.63, 3.8) is 0 Å². The maximum absolute atomic E-state index is 7.04. The third kappa shape index (κ3) is 5.13. The number of imidazole rings is 1. The summed E-state index contributed by atoms with van der Waals surface area (Å²) in [5.41, 5.74) is 12.5. The zero-order valence-corrected chi connectivity index (χ0v) is 35.3. The van der Waals surface area contributed by atoms with Crippen LogP contribution in [-0.4, -0.2) is 23.9 Å². The average Bonchev–Trinajstić information content (AvgIpc) is 3.81. The summed E-state index contributed by atoms with van der Waals surface area (Å²) in [6.07, 6.45) is 3.95. The lowest BCUT2D eigenvalue weighted by Gasteiger charge is -2.45. The van der Waals surface area contributed by atoms with Crippen molar-refractivity contribution >= 4 is 49.3 Å². The number of hydrogen-bond donors (Lipinski definition) is 0. The van der Waals surface area contributed by atoms with Crippen molar-refractivity contribution in [2.24, 2.45) is 0 Å². The fraction of sp³-hybridized carbons (Fsp3) is 0.288. The molecule has 290 valence electrons. The number of aromatic nitrogens is 5. The van der Waals surface area contributed by atoms with Crippen LogP contribution in [0.4, 0.5) is 0 Å². The predicted octanol–water partition coefficient (Wildman–Crippen LogP) is 13.9. The number of fused-ring (bicyclic) bond motifs is 6. The number of ether oxygens (including phenoxy) is 1. The van der Waals surface area contributed by atoms with E-state index in [0.29, 0.717) is 11.7 Å². The van der Waals surface area contributed by atoms with E-state index in [1.807, 2.05) is 12.3 Å². The molecule has 6 heteroatoms. The van der Waals surface area contributed by atoms with Crippen LogP contribution in [0.15, 0.2) is 109 Å². The molecule has 0 aliphatic carbocycles. The fourth-order valence-corrected chi connectivity index (χ4v) is 9.59. The minimum absolute atomic E-state index is 0.0746. The first-order chi connectivity index (χ1) is 27.8. The molecule has 0 fully saturated rings. The Morgan fingerprint density at radius 1 is 0.586 bits per heavy atom. The van der Waals surface area contributed by atoms with Crippen molar-refractivity contribution in [3.8, 4) is 28.6 Å².